The van der Waals surface area contributed by atoms with Crippen molar-refractivity contribution in [2.75, 3.05) is 0 Å². The van der Waals surface area contributed by atoms with Crippen molar-refractivity contribution in [3.8, 4) is 11.4 Å². The molecule has 0 atom stereocenters. The summed E-state index contributed by atoms with van der Waals surface area (Å²) in [6, 6.07) is 13.3. The molecule has 2 aromatic carbocycles. The third-order valence-electron chi connectivity index (χ3n) is 3.26. The standard InChI is InChI=1S/C18H13BrFN3O2/c19-14-3-1-2-13(10-14)18-22-17(25-23-18)11-21-16(24)9-6-12-4-7-15(20)8-5-12/h1-10H,11H2,(H,21,24)/b9-6+. The highest BCUT2D eigenvalue weighted by molar-refractivity contribution is 9.10. The molecule has 5 nitrogen and oxygen atoms in total. The molecule has 1 aromatic heterocycles. The van der Waals surface area contributed by atoms with Crippen LogP contribution in [0.5, 0.6) is 0 Å². The molecule has 0 aliphatic rings. The molecular formula is C18H13BrFN3O2. The first-order valence-electron chi connectivity index (χ1n) is 7.40. The second-order valence-corrected chi connectivity index (χ2v) is 6.04. The molecule has 3 aromatic rings. The van der Waals surface area contributed by atoms with E-state index in [2.05, 4.69) is 31.4 Å². The van der Waals surface area contributed by atoms with E-state index in [9.17, 15) is 9.18 Å². The van der Waals surface area contributed by atoms with Gasteiger partial charge in [0.15, 0.2) is 0 Å². The smallest absolute Gasteiger partial charge is 0.246 e. The number of rotatable bonds is 5. The van der Waals surface area contributed by atoms with E-state index in [4.69, 9.17) is 4.52 Å². The Hall–Kier alpha value is -2.80. The van der Waals surface area contributed by atoms with Gasteiger partial charge in [-0.25, -0.2) is 4.39 Å². The van der Waals surface area contributed by atoms with Crippen LogP contribution in [0.25, 0.3) is 17.5 Å². The molecule has 1 heterocycles. The van der Waals surface area contributed by atoms with Crippen molar-refractivity contribution in [3.63, 3.8) is 0 Å². The fourth-order valence-corrected chi connectivity index (χ4v) is 2.44. The molecule has 1 amide bonds. The van der Waals surface area contributed by atoms with Crippen molar-refractivity contribution >= 4 is 27.9 Å². The van der Waals surface area contributed by atoms with Gasteiger partial charge in [-0.15, -0.1) is 0 Å². The van der Waals surface area contributed by atoms with Crippen molar-refractivity contribution < 1.29 is 13.7 Å². The van der Waals surface area contributed by atoms with Gasteiger partial charge in [0.05, 0.1) is 6.54 Å². The van der Waals surface area contributed by atoms with Gasteiger partial charge in [0.1, 0.15) is 5.82 Å². The highest BCUT2D eigenvalue weighted by Gasteiger charge is 2.09. The number of halogens is 2. The second kappa shape index (κ2) is 7.85. The van der Waals surface area contributed by atoms with Crippen LogP contribution in [0, 0.1) is 5.82 Å². The number of hydrogen-bond acceptors (Lipinski definition) is 4. The monoisotopic (exact) mass is 401 g/mol. The molecule has 0 bridgehead atoms. The van der Waals surface area contributed by atoms with Crippen LogP contribution in [-0.4, -0.2) is 16.0 Å². The lowest BCUT2D eigenvalue weighted by Gasteiger charge is -1.97. The fourth-order valence-electron chi connectivity index (χ4n) is 2.04. The van der Waals surface area contributed by atoms with E-state index in [1.165, 1.54) is 18.2 Å². The summed E-state index contributed by atoms with van der Waals surface area (Å²) in [6.07, 6.45) is 2.95. The molecule has 25 heavy (non-hydrogen) atoms. The molecule has 3 rings (SSSR count). The third-order valence-corrected chi connectivity index (χ3v) is 3.76. The Morgan fingerprint density at radius 1 is 1.24 bits per heavy atom. The van der Waals surface area contributed by atoms with E-state index in [1.54, 1.807) is 18.2 Å². The van der Waals surface area contributed by atoms with Gasteiger partial charge in [-0.2, -0.15) is 4.98 Å². The Morgan fingerprint density at radius 3 is 2.80 bits per heavy atom. The van der Waals surface area contributed by atoms with Crippen LogP contribution in [0.3, 0.4) is 0 Å². The molecule has 0 aliphatic heterocycles. The van der Waals surface area contributed by atoms with Gasteiger partial charge in [0.25, 0.3) is 0 Å². The van der Waals surface area contributed by atoms with E-state index >= 15 is 0 Å². The summed E-state index contributed by atoms with van der Waals surface area (Å²) in [5.41, 5.74) is 1.54. The Balaban J connectivity index is 1.56. The number of carbonyl (C=O) groups is 1. The first-order valence-corrected chi connectivity index (χ1v) is 8.19. The van der Waals surface area contributed by atoms with Crippen molar-refractivity contribution in [1.82, 2.24) is 15.5 Å². The van der Waals surface area contributed by atoms with Gasteiger partial charge in [0.2, 0.25) is 17.6 Å². The maximum absolute atomic E-state index is 12.8. The minimum absolute atomic E-state index is 0.119. The zero-order chi connectivity index (χ0) is 17.6. The van der Waals surface area contributed by atoms with Gasteiger partial charge in [0, 0.05) is 16.1 Å². The second-order valence-electron chi connectivity index (χ2n) is 5.12. The summed E-state index contributed by atoms with van der Waals surface area (Å²) in [7, 11) is 0. The molecule has 0 radical (unpaired) electrons. The van der Waals surface area contributed by atoms with Crippen LogP contribution in [-0.2, 0) is 11.3 Å². The SMILES string of the molecule is O=C(/C=C/c1ccc(F)cc1)NCc1nc(-c2cccc(Br)c2)no1. The van der Waals surface area contributed by atoms with Gasteiger partial charge in [-0.05, 0) is 35.9 Å². The highest BCUT2D eigenvalue weighted by Crippen LogP contribution is 2.20. The molecule has 0 aliphatic carbocycles. The van der Waals surface area contributed by atoms with Crippen LogP contribution in [0.2, 0.25) is 0 Å². The summed E-state index contributed by atoms with van der Waals surface area (Å²) >= 11 is 3.38. The average Bonchev–Trinajstić information content (AvgIpc) is 3.08. The zero-order valence-corrected chi connectivity index (χ0v) is 14.5. The lowest BCUT2D eigenvalue weighted by Crippen LogP contribution is -2.20. The number of hydrogen-bond donors (Lipinski definition) is 1. The Labute approximate surface area is 151 Å². The maximum atomic E-state index is 12.8. The molecule has 1 N–H and O–H groups in total. The van der Waals surface area contributed by atoms with E-state index in [-0.39, 0.29) is 18.3 Å². The van der Waals surface area contributed by atoms with Crippen molar-refractivity contribution in [1.29, 1.82) is 0 Å². The Kier molecular flexibility index (Phi) is 5.35. The first-order chi connectivity index (χ1) is 12.1. The summed E-state index contributed by atoms with van der Waals surface area (Å²) in [5, 5.41) is 6.55. The lowest BCUT2D eigenvalue weighted by atomic mass is 10.2. The number of amides is 1. The minimum atomic E-state index is -0.320. The predicted octanol–water partition coefficient (Wildman–Crippen LogP) is 3.97. The number of carbonyl (C=O) groups excluding carboxylic acids is 1. The van der Waals surface area contributed by atoms with Crippen molar-refractivity contribution in [3.05, 3.63) is 76.4 Å². The Bertz CT molecular complexity index is 907. The van der Waals surface area contributed by atoms with E-state index < -0.39 is 0 Å². The maximum Gasteiger partial charge on any atom is 0.246 e. The van der Waals surface area contributed by atoms with E-state index in [0.717, 1.165) is 15.6 Å². The van der Waals surface area contributed by atoms with Gasteiger partial charge in [-0.3, -0.25) is 4.79 Å². The van der Waals surface area contributed by atoms with Crippen molar-refractivity contribution in [2.45, 2.75) is 6.54 Å². The molecule has 126 valence electrons. The predicted molar refractivity (Wildman–Crippen MR) is 94.7 cm³/mol. The highest BCUT2D eigenvalue weighted by atomic mass is 79.9. The topological polar surface area (TPSA) is 68.0 Å². The minimum Gasteiger partial charge on any atom is -0.343 e. The quantitative estimate of drug-likeness (QED) is 0.656. The zero-order valence-electron chi connectivity index (χ0n) is 12.9. The fraction of sp³-hybridized carbons (Fsp3) is 0.0556. The summed E-state index contributed by atoms with van der Waals surface area (Å²) in [4.78, 5) is 16.1. The van der Waals surface area contributed by atoms with Crippen LogP contribution in [0.15, 0.2) is 63.6 Å². The van der Waals surface area contributed by atoms with Crippen molar-refractivity contribution in [2.24, 2.45) is 0 Å². The van der Waals surface area contributed by atoms with E-state index in [0.29, 0.717) is 11.7 Å². The molecule has 0 spiro atoms. The number of nitrogens with one attached hydrogen (secondary N) is 1. The molecule has 0 saturated heterocycles. The third kappa shape index (κ3) is 4.84. The van der Waals surface area contributed by atoms with Crippen LogP contribution in [0.1, 0.15) is 11.5 Å². The summed E-state index contributed by atoms with van der Waals surface area (Å²) < 4.78 is 18.9. The van der Waals surface area contributed by atoms with Gasteiger partial charge in [-0.1, -0.05) is 45.4 Å². The molecule has 7 heteroatoms. The Morgan fingerprint density at radius 2 is 2.04 bits per heavy atom. The van der Waals surface area contributed by atoms with E-state index in [1.807, 2.05) is 24.3 Å². The molecule has 0 unspecified atom stereocenters. The number of aromatic nitrogens is 2. The van der Waals surface area contributed by atoms with Crippen LogP contribution >= 0.6 is 15.9 Å². The summed E-state index contributed by atoms with van der Waals surface area (Å²) in [5.74, 6) is 0.122. The van der Waals surface area contributed by atoms with Crippen LogP contribution in [0.4, 0.5) is 4.39 Å². The number of nitrogens with zero attached hydrogens (tertiary/aromatic N) is 2. The first kappa shape index (κ1) is 17.0. The molecule has 0 saturated carbocycles. The average molecular weight is 402 g/mol. The number of benzene rings is 2. The van der Waals surface area contributed by atoms with Gasteiger partial charge >= 0.3 is 0 Å². The summed E-state index contributed by atoms with van der Waals surface area (Å²) in [6.45, 7) is 0.119. The van der Waals surface area contributed by atoms with Gasteiger partial charge < -0.3 is 9.84 Å². The lowest BCUT2D eigenvalue weighted by molar-refractivity contribution is -0.116. The normalized spacial score (nSPS) is 11.0. The largest absolute Gasteiger partial charge is 0.343 e. The molecule has 0 fully saturated rings. The van der Waals surface area contributed by atoms with Crippen LogP contribution < -0.4 is 5.32 Å². The molecular weight excluding hydrogens is 389 g/mol.